The van der Waals surface area contributed by atoms with Gasteiger partial charge in [0.15, 0.2) is 0 Å². The predicted molar refractivity (Wildman–Crippen MR) is 70.9 cm³/mol. The van der Waals surface area contributed by atoms with Crippen LogP contribution >= 0.6 is 11.8 Å². The summed E-state index contributed by atoms with van der Waals surface area (Å²) in [6, 6.07) is 4.87. The Balaban J connectivity index is 1.99. The van der Waals surface area contributed by atoms with Crippen LogP contribution in [0.4, 0.5) is 4.39 Å². The first-order chi connectivity index (χ1) is 8.78. The van der Waals surface area contributed by atoms with Crippen LogP contribution in [0.1, 0.15) is 17.5 Å². The van der Waals surface area contributed by atoms with E-state index in [4.69, 9.17) is 9.84 Å². The fourth-order valence-electron chi connectivity index (χ4n) is 1.55. The largest absolute Gasteiger partial charge is 0.395 e. The maximum Gasteiger partial charge on any atom is 0.124 e. The van der Waals surface area contributed by atoms with Gasteiger partial charge in [-0.2, -0.15) is 0 Å². The molecule has 0 unspecified atom stereocenters. The van der Waals surface area contributed by atoms with Crippen LogP contribution in [0.3, 0.4) is 0 Å². The number of ether oxygens (including phenoxy) is 1. The Labute approximate surface area is 111 Å². The first-order valence-corrected chi connectivity index (χ1v) is 6.91. The van der Waals surface area contributed by atoms with Gasteiger partial charge in [-0.05, 0) is 23.8 Å². The van der Waals surface area contributed by atoms with Crippen molar-refractivity contribution in [2.75, 3.05) is 19.8 Å². The molecule has 0 amide bonds. The molecule has 96 valence electrons. The summed E-state index contributed by atoms with van der Waals surface area (Å²) in [5.74, 6) is 6.18. The summed E-state index contributed by atoms with van der Waals surface area (Å²) in [6.07, 6.45) is 0.417. The Morgan fingerprint density at radius 3 is 2.89 bits per heavy atom. The zero-order valence-corrected chi connectivity index (χ0v) is 10.8. The van der Waals surface area contributed by atoms with Crippen LogP contribution in [0.5, 0.6) is 0 Å². The number of thioether (sulfide) groups is 1. The lowest BCUT2D eigenvalue weighted by Crippen LogP contribution is -2.30. The molecule has 0 aromatic heterocycles. The highest BCUT2D eigenvalue weighted by Gasteiger charge is 2.18. The Morgan fingerprint density at radius 1 is 1.39 bits per heavy atom. The van der Waals surface area contributed by atoms with Gasteiger partial charge in [0.25, 0.3) is 0 Å². The van der Waals surface area contributed by atoms with Gasteiger partial charge in [-0.3, -0.25) is 0 Å². The number of hydrogen-bond acceptors (Lipinski definition) is 3. The highest BCUT2D eigenvalue weighted by molar-refractivity contribution is 7.99. The van der Waals surface area contributed by atoms with Crippen LogP contribution in [-0.2, 0) is 10.5 Å². The van der Waals surface area contributed by atoms with Crippen LogP contribution in [0.25, 0.3) is 0 Å². The van der Waals surface area contributed by atoms with Crippen LogP contribution < -0.4 is 0 Å². The van der Waals surface area contributed by atoms with Crippen molar-refractivity contribution in [2.45, 2.75) is 17.4 Å². The van der Waals surface area contributed by atoms with Crippen LogP contribution in [0.2, 0.25) is 0 Å². The van der Waals surface area contributed by atoms with Gasteiger partial charge in [0.05, 0.1) is 25.1 Å². The maximum absolute atomic E-state index is 13.4. The SMILES string of the molecule is OCCC#Cc1cc(F)cc(CSC2COC2)c1. The fourth-order valence-corrected chi connectivity index (χ4v) is 2.53. The molecule has 0 spiro atoms. The second-order valence-corrected chi connectivity index (χ2v) is 5.38. The molecule has 2 rings (SSSR count). The van der Waals surface area contributed by atoms with E-state index in [0.29, 0.717) is 17.2 Å². The highest BCUT2D eigenvalue weighted by atomic mass is 32.2. The van der Waals surface area contributed by atoms with Gasteiger partial charge in [-0.15, -0.1) is 11.8 Å². The van der Waals surface area contributed by atoms with Gasteiger partial charge in [-0.25, -0.2) is 4.39 Å². The number of halogens is 1. The van der Waals surface area contributed by atoms with Gasteiger partial charge in [-0.1, -0.05) is 11.8 Å². The van der Waals surface area contributed by atoms with Gasteiger partial charge < -0.3 is 9.84 Å². The molecule has 0 atom stereocenters. The molecule has 1 aliphatic rings. The molecule has 1 saturated heterocycles. The summed E-state index contributed by atoms with van der Waals surface area (Å²) in [6.45, 7) is 1.62. The summed E-state index contributed by atoms with van der Waals surface area (Å²) >= 11 is 1.78. The van der Waals surface area contributed by atoms with Crippen molar-refractivity contribution in [3.8, 4) is 11.8 Å². The molecule has 0 saturated carbocycles. The Kier molecular flexibility index (Phi) is 5.06. The summed E-state index contributed by atoms with van der Waals surface area (Å²) < 4.78 is 18.5. The molecule has 0 aliphatic carbocycles. The minimum absolute atomic E-state index is 0.0344. The lowest BCUT2D eigenvalue weighted by Gasteiger charge is -2.25. The van der Waals surface area contributed by atoms with Crippen molar-refractivity contribution in [1.82, 2.24) is 0 Å². The molecule has 0 bridgehead atoms. The summed E-state index contributed by atoms with van der Waals surface area (Å²) in [4.78, 5) is 0. The van der Waals surface area contributed by atoms with Crippen molar-refractivity contribution in [1.29, 1.82) is 0 Å². The molecule has 18 heavy (non-hydrogen) atoms. The topological polar surface area (TPSA) is 29.5 Å². The molecule has 1 aliphatic heterocycles. The van der Waals surface area contributed by atoms with E-state index in [1.807, 2.05) is 6.07 Å². The standard InChI is InChI=1S/C14H15FO2S/c15-13-6-11(3-1-2-4-16)5-12(7-13)10-18-14-8-17-9-14/h5-7,14,16H,2,4,8-10H2. The molecular weight excluding hydrogens is 251 g/mol. The van der Waals surface area contributed by atoms with Gasteiger partial charge >= 0.3 is 0 Å². The Bertz CT molecular complexity index is 461. The van der Waals surface area contributed by atoms with E-state index in [9.17, 15) is 4.39 Å². The zero-order valence-electron chi connectivity index (χ0n) is 9.99. The molecule has 4 heteroatoms. The molecule has 2 nitrogen and oxygen atoms in total. The van der Waals surface area contributed by atoms with E-state index in [1.165, 1.54) is 6.07 Å². The molecule has 1 N–H and O–H groups in total. The third-order valence-corrected chi connectivity index (χ3v) is 3.76. The second-order valence-electron chi connectivity index (χ2n) is 4.09. The van der Waals surface area contributed by atoms with Crippen molar-refractivity contribution < 1.29 is 14.2 Å². The Morgan fingerprint density at radius 2 is 2.22 bits per heavy atom. The van der Waals surface area contributed by atoms with Crippen molar-refractivity contribution in [2.24, 2.45) is 0 Å². The van der Waals surface area contributed by atoms with Gasteiger partial charge in [0.2, 0.25) is 0 Å². The van der Waals surface area contributed by atoms with Crippen LogP contribution in [0, 0.1) is 17.7 Å². The number of hydrogen-bond donors (Lipinski definition) is 1. The number of rotatable bonds is 4. The number of benzene rings is 1. The average Bonchev–Trinajstić information content (AvgIpc) is 2.26. The normalized spacial score (nSPS) is 14.8. The quantitative estimate of drug-likeness (QED) is 0.847. The zero-order chi connectivity index (χ0) is 12.8. The molecular formula is C14H15FO2S. The predicted octanol–water partition coefficient (Wildman–Crippen LogP) is 2.19. The monoisotopic (exact) mass is 266 g/mol. The number of aliphatic hydroxyl groups is 1. The lowest BCUT2D eigenvalue weighted by atomic mass is 10.1. The lowest BCUT2D eigenvalue weighted by molar-refractivity contribution is 0.0455. The highest BCUT2D eigenvalue weighted by Crippen LogP contribution is 2.24. The van der Waals surface area contributed by atoms with E-state index >= 15 is 0 Å². The molecule has 1 heterocycles. The average molecular weight is 266 g/mol. The molecule has 1 fully saturated rings. The minimum atomic E-state index is -0.258. The van der Waals surface area contributed by atoms with E-state index < -0.39 is 0 Å². The van der Waals surface area contributed by atoms with Gasteiger partial charge in [0.1, 0.15) is 5.82 Å². The van der Waals surface area contributed by atoms with Gasteiger partial charge in [0, 0.05) is 17.7 Å². The van der Waals surface area contributed by atoms with Crippen molar-refractivity contribution >= 4 is 11.8 Å². The van der Waals surface area contributed by atoms with E-state index in [2.05, 4.69) is 11.8 Å². The fraction of sp³-hybridized carbons (Fsp3) is 0.429. The smallest absolute Gasteiger partial charge is 0.124 e. The maximum atomic E-state index is 13.4. The second kappa shape index (κ2) is 6.79. The first kappa shape index (κ1) is 13.4. The van der Waals surface area contributed by atoms with E-state index in [1.54, 1.807) is 17.8 Å². The first-order valence-electron chi connectivity index (χ1n) is 5.86. The summed E-state index contributed by atoms with van der Waals surface area (Å²) in [5.41, 5.74) is 1.61. The minimum Gasteiger partial charge on any atom is -0.395 e. The summed E-state index contributed by atoms with van der Waals surface area (Å²) in [7, 11) is 0. The van der Waals surface area contributed by atoms with Crippen molar-refractivity contribution in [3.63, 3.8) is 0 Å². The van der Waals surface area contributed by atoms with Crippen molar-refractivity contribution in [3.05, 3.63) is 35.1 Å². The number of aliphatic hydroxyl groups excluding tert-OH is 1. The molecule has 0 radical (unpaired) electrons. The Hall–Kier alpha value is -1.02. The third-order valence-electron chi connectivity index (χ3n) is 2.52. The van der Waals surface area contributed by atoms with Crippen LogP contribution in [-0.4, -0.2) is 30.2 Å². The molecule has 1 aromatic carbocycles. The molecule has 1 aromatic rings. The van der Waals surface area contributed by atoms with E-state index in [0.717, 1.165) is 24.5 Å². The van der Waals surface area contributed by atoms with E-state index in [-0.39, 0.29) is 12.4 Å². The van der Waals surface area contributed by atoms with Crippen LogP contribution in [0.15, 0.2) is 18.2 Å². The third kappa shape index (κ3) is 4.02. The summed E-state index contributed by atoms with van der Waals surface area (Å²) in [5, 5.41) is 9.18.